The molecule has 0 aliphatic rings. The summed E-state index contributed by atoms with van der Waals surface area (Å²) in [5.41, 5.74) is 1.18. The van der Waals surface area contributed by atoms with Gasteiger partial charge in [-0.25, -0.2) is 18.3 Å². The van der Waals surface area contributed by atoms with E-state index in [0.717, 1.165) is 17.0 Å². The molecule has 2 aromatic carbocycles. The second-order valence-electron chi connectivity index (χ2n) is 7.06. The smallest absolute Gasteiger partial charge is 0.411 e. The van der Waals surface area contributed by atoms with Crippen molar-refractivity contribution in [1.29, 1.82) is 0 Å². The largest absolute Gasteiger partial charge is 0.465 e. The first kappa shape index (κ1) is 24.0. The number of benzene rings is 2. The molecule has 1 heterocycles. The zero-order valence-corrected chi connectivity index (χ0v) is 17.9. The molecule has 0 saturated carbocycles. The van der Waals surface area contributed by atoms with E-state index in [0.29, 0.717) is 24.5 Å². The number of carbonyl (C=O) groups is 1. The molecule has 0 spiro atoms. The van der Waals surface area contributed by atoms with Crippen molar-refractivity contribution in [2.45, 2.75) is 6.42 Å². The van der Waals surface area contributed by atoms with Crippen LogP contribution in [0, 0.1) is 11.6 Å². The van der Waals surface area contributed by atoms with Gasteiger partial charge in [-0.05, 0) is 29.8 Å². The lowest BCUT2D eigenvalue weighted by atomic mass is 10.1. The summed E-state index contributed by atoms with van der Waals surface area (Å²) in [6.07, 6.45) is 0.348. The Balaban J connectivity index is 1.79. The Bertz CT molecular complexity index is 1170. The average Bonchev–Trinajstić information content (AvgIpc) is 2.79. The number of hydrogen-bond acceptors (Lipinski definition) is 5. The van der Waals surface area contributed by atoms with Crippen LogP contribution in [0.15, 0.2) is 59.5 Å². The minimum absolute atomic E-state index is 0.120. The second-order valence-corrected chi connectivity index (χ2v) is 7.06. The van der Waals surface area contributed by atoms with Gasteiger partial charge in [-0.3, -0.25) is 9.69 Å². The van der Waals surface area contributed by atoms with Crippen molar-refractivity contribution in [1.82, 2.24) is 9.78 Å². The van der Waals surface area contributed by atoms with E-state index in [4.69, 9.17) is 9.47 Å². The molecule has 0 saturated heterocycles. The maximum atomic E-state index is 13.6. The van der Waals surface area contributed by atoms with E-state index in [1.165, 1.54) is 23.0 Å². The molecule has 0 aliphatic heterocycles. The topological polar surface area (TPSA) is 93.9 Å². The van der Waals surface area contributed by atoms with Gasteiger partial charge in [0.15, 0.2) is 11.6 Å². The van der Waals surface area contributed by atoms with E-state index in [1.54, 1.807) is 31.4 Å². The summed E-state index contributed by atoms with van der Waals surface area (Å²) in [5.74, 6) is -2.01. The highest BCUT2D eigenvalue weighted by Crippen LogP contribution is 2.18. The summed E-state index contributed by atoms with van der Waals surface area (Å²) in [5, 5.41) is 13.8. The molecule has 0 bridgehead atoms. The van der Waals surface area contributed by atoms with Gasteiger partial charge < -0.3 is 14.6 Å². The van der Waals surface area contributed by atoms with Crippen molar-refractivity contribution >= 4 is 11.8 Å². The minimum atomic E-state index is -1.14. The Morgan fingerprint density at radius 1 is 1.09 bits per heavy atom. The number of halogens is 2. The Labute approximate surface area is 188 Å². The van der Waals surface area contributed by atoms with E-state index in [2.05, 4.69) is 5.10 Å². The summed E-state index contributed by atoms with van der Waals surface area (Å²) in [7, 11) is 1.55. The zero-order valence-electron chi connectivity index (χ0n) is 17.9. The van der Waals surface area contributed by atoms with Crippen LogP contribution < -0.4 is 10.3 Å². The molecule has 1 amide bonds. The summed E-state index contributed by atoms with van der Waals surface area (Å²) >= 11 is 0. The van der Waals surface area contributed by atoms with Crippen molar-refractivity contribution in [3.05, 3.63) is 87.8 Å². The molecule has 0 unspecified atom stereocenters. The van der Waals surface area contributed by atoms with Crippen LogP contribution in [0.5, 0.6) is 0 Å². The first-order valence-corrected chi connectivity index (χ1v) is 10.1. The molecule has 0 radical (unpaired) electrons. The number of anilines is 1. The Hall–Kier alpha value is -3.63. The van der Waals surface area contributed by atoms with E-state index >= 15 is 0 Å². The standard InChI is InChI=1S/C23H23F2N3O5/c1-32-11-12-33-10-9-27(23(30)31)17-4-2-3-16(13-17)14-21-22(29)7-8-28(26-21)18-5-6-19(24)20(25)15-18/h2-8,13,15H,9-12,14H2,1H3,(H,30,31). The van der Waals surface area contributed by atoms with Gasteiger partial charge in [0.05, 0.1) is 32.1 Å². The molecule has 1 N–H and O–H groups in total. The average molecular weight is 459 g/mol. The Morgan fingerprint density at radius 2 is 1.91 bits per heavy atom. The second kappa shape index (κ2) is 11.3. The lowest BCUT2D eigenvalue weighted by Gasteiger charge is -2.20. The van der Waals surface area contributed by atoms with Crippen LogP contribution in [0.2, 0.25) is 0 Å². The molecule has 10 heteroatoms. The molecular formula is C23H23F2N3O5. The fraction of sp³-hybridized carbons (Fsp3) is 0.261. The predicted molar refractivity (Wildman–Crippen MR) is 117 cm³/mol. The molecule has 0 aliphatic carbocycles. The van der Waals surface area contributed by atoms with Crippen LogP contribution in [-0.4, -0.2) is 54.5 Å². The van der Waals surface area contributed by atoms with Gasteiger partial charge in [-0.15, -0.1) is 0 Å². The van der Waals surface area contributed by atoms with Crippen LogP contribution in [0.25, 0.3) is 5.69 Å². The van der Waals surface area contributed by atoms with Crippen molar-refractivity contribution in [3.63, 3.8) is 0 Å². The van der Waals surface area contributed by atoms with Gasteiger partial charge in [0.1, 0.15) is 5.69 Å². The lowest BCUT2D eigenvalue weighted by molar-refractivity contribution is 0.0738. The number of amides is 1. The normalized spacial score (nSPS) is 10.9. The Morgan fingerprint density at radius 3 is 2.64 bits per heavy atom. The van der Waals surface area contributed by atoms with Crippen molar-refractivity contribution in [2.24, 2.45) is 0 Å². The molecule has 3 rings (SSSR count). The first-order valence-electron chi connectivity index (χ1n) is 10.1. The van der Waals surface area contributed by atoms with E-state index in [1.807, 2.05) is 0 Å². The SMILES string of the molecule is COCCOCCN(C(=O)O)c1cccc(Cc2nn(-c3ccc(F)c(F)c3)ccc2=O)c1. The highest BCUT2D eigenvalue weighted by molar-refractivity contribution is 5.86. The molecule has 1 aromatic heterocycles. The van der Waals surface area contributed by atoms with Gasteiger partial charge in [0.2, 0.25) is 5.43 Å². The number of rotatable bonds is 10. The van der Waals surface area contributed by atoms with Crippen LogP contribution in [0.1, 0.15) is 11.3 Å². The molecular weight excluding hydrogens is 436 g/mol. The number of methoxy groups -OCH3 is 1. The fourth-order valence-electron chi connectivity index (χ4n) is 3.10. The molecule has 8 nitrogen and oxygen atoms in total. The minimum Gasteiger partial charge on any atom is -0.465 e. The number of aromatic nitrogens is 2. The molecule has 0 fully saturated rings. The summed E-state index contributed by atoms with van der Waals surface area (Å²) in [4.78, 5) is 25.2. The Kier molecular flexibility index (Phi) is 8.22. The van der Waals surface area contributed by atoms with Crippen LogP contribution in [0.4, 0.5) is 19.3 Å². The van der Waals surface area contributed by atoms with Crippen LogP contribution in [-0.2, 0) is 15.9 Å². The number of carboxylic acid groups (broad SMARTS) is 1. The van der Waals surface area contributed by atoms with E-state index < -0.39 is 17.7 Å². The van der Waals surface area contributed by atoms with Crippen molar-refractivity contribution < 1.29 is 28.2 Å². The molecule has 3 aromatic rings. The lowest BCUT2D eigenvalue weighted by Crippen LogP contribution is -2.33. The molecule has 174 valence electrons. The number of ether oxygens (including phenoxy) is 2. The van der Waals surface area contributed by atoms with Gasteiger partial charge in [-0.1, -0.05) is 12.1 Å². The fourth-order valence-corrected chi connectivity index (χ4v) is 3.10. The van der Waals surface area contributed by atoms with Gasteiger partial charge >= 0.3 is 6.09 Å². The maximum absolute atomic E-state index is 13.6. The summed E-state index contributed by atoms with van der Waals surface area (Å²) in [6, 6.07) is 11.3. The monoisotopic (exact) mass is 459 g/mol. The summed E-state index contributed by atoms with van der Waals surface area (Å²) in [6.45, 7) is 1.08. The zero-order chi connectivity index (χ0) is 23.8. The summed E-state index contributed by atoms with van der Waals surface area (Å²) < 4.78 is 38.3. The van der Waals surface area contributed by atoms with Gasteiger partial charge in [0, 0.05) is 37.5 Å². The molecule has 33 heavy (non-hydrogen) atoms. The maximum Gasteiger partial charge on any atom is 0.411 e. The number of nitrogens with zero attached hydrogens (tertiary/aromatic N) is 3. The molecule has 0 atom stereocenters. The third-order valence-electron chi connectivity index (χ3n) is 4.76. The third kappa shape index (κ3) is 6.43. The third-order valence-corrected chi connectivity index (χ3v) is 4.76. The highest BCUT2D eigenvalue weighted by atomic mass is 19.2. The van der Waals surface area contributed by atoms with Gasteiger partial charge in [-0.2, -0.15) is 5.10 Å². The van der Waals surface area contributed by atoms with Crippen molar-refractivity contribution in [3.8, 4) is 5.69 Å². The van der Waals surface area contributed by atoms with E-state index in [9.17, 15) is 23.5 Å². The van der Waals surface area contributed by atoms with Crippen molar-refractivity contribution in [2.75, 3.05) is 38.4 Å². The van der Waals surface area contributed by atoms with Crippen LogP contribution in [0.3, 0.4) is 0 Å². The first-order chi connectivity index (χ1) is 15.9. The van der Waals surface area contributed by atoms with Crippen LogP contribution >= 0.6 is 0 Å². The predicted octanol–water partition coefficient (Wildman–Crippen LogP) is 3.25. The van der Waals surface area contributed by atoms with E-state index in [-0.39, 0.29) is 36.4 Å². The number of hydrogen-bond donors (Lipinski definition) is 1. The quantitative estimate of drug-likeness (QED) is 0.468. The van der Waals surface area contributed by atoms with Gasteiger partial charge in [0.25, 0.3) is 0 Å². The highest BCUT2D eigenvalue weighted by Gasteiger charge is 2.15.